The maximum atomic E-state index is 12.2. The molecule has 0 unspecified atom stereocenters. The quantitative estimate of drug-likeness (QED) is 0.594. The average Bonchev–Trinajstić information content (AvgIpc) is 3.11. The number of ether oxygens (including phenoxy) is 1. The number of halogens is 1. The second-order valence-corrected chi connectivity index (χ2v) is 7.00. The van der Waals surface area contributed by atoms with Crippen molar-refractivity contribution in [2.75, 3.05) is 18.2 Å². The van der Waals surface area contributed by atoms with Gasteiger partial charge in [-0.15, -0.1) is 10.2 Å². The minimum atomic E-state index is -0.112. The molecule has 0 bridgehead atoms. The Kier molecular flexibility index (Phi) is 6.36. The number of rotatable bonds is 7. The largest absolute Gasteiger partial charge is 0.497 e. The van der Waals surface area contributed by atoms with Gasteiger partial charge < -0.3 is 14.6 Å². The maximum absolute atomic E-state index is 12.2. The Morgan fingerprint density at radius 3 is 2.48 bits per heavy atom. The minimum absolute atomic E-state index is 0.112. The van der Waals surface area contributed by atoms with E-state index >= 15 is 0 Å². The highest BCUT2D eigenvalue weighted by molar-refractivity contribution is 7.99. The molecule has 0 aliphatic rings. The fourth-order valence-corrected chi connectivity index (χ4v) is 3.42. The summed E-state index contributed by atoms with van der Waals surface area (Å²) < 4.78 is 7.18. The summed E-state index contributed by atoms with van der Waals surface area (Å²) in [6.45, 7) is 2.73. The van der Waals surface area contributed by atoms with Gasteiger partial charge in [-0.05, 0) is 55.5 Å². The van der Waals surface area contributed by atoms with Crippen LogP contribution in [0, 0.1) is 0 Å². The van der Waals surface area contributed by atoms with Crippen LogP contribution in [0.5, 0.6) is 5.75 Å². The van der Waals surface area contributed by atoms with E-state index < -0.39 is 0 Å². The normalized spacial score (nSPS) is 10.6. The molecule has 0 fully saturated rings. The van der Waals surface area contributed by atoms with Crippen LogP contribution in [-0.2, 0) is 11.3 Å². The van der Waals surface area contributed by atoms with Gasteiger partial charge in [0, 0.05) is 22.8 Å². The summed E-state index contributed by atoms with van der Waals surface area (Å²) in [5, 5.41) is 12.7. The second kappa shape index (κ2) is 8.92. The van der Waals surface area contributed by atoms with Crippen molar-refractivity contribution < 1.29 is 9.53 Å². The van der Waals surface area contributed by atoms with Crippen LogP contribution in [0.2, 0.25) is 5.02 Å². The molecule has 6 nitrogen and oxygen atoms in total. The summed E-state index contributed by atoms with van der Waals surface area (Å²) in [7, 11) is 1.63. The molecule has 0 aliphatic carbocycles. The molecule has 0 radical (unpaired) electrons. The third-order valence-electron chi connectivity index (χ3n) is 3.84. The van der Waals surface area contributed by atoms with Gasteiger partial charge in [0.15, 0.2) is 11.0 Å². The zero-order valence-corrected chi connectivity index (χ0v) is 16.5. The first-order valence-corrected chi connectivity index (χ1v) is 9.73. The molecule has 1 aromatic heterocycles. The van der Waals surface area contributed by atoms with E-state index in [1.165, 1.54) is 11.8 Å². The standard InChI is InChI=1S/C19H19ClN4O2S/c1-3-24-18(13-4-10-16(26-2)11-5-13)22-23-19(24)27-12-17(25)21-15-8-6-14(20)7-9-15/h4-11H,3,12H2,1-2H3,(H,21,25). The number of anilines is 1. The molecule has 0 saturated carbocycles. The molecule has 0 saturated heterocycles. The Labute approximate surface area is 166 Å². The van der Waals surface area contributed by atoms with Crippen LogP contribution >= 0.6 is 23.4 Å². The Morgan fingerprint density at radius 1 is 1.15 bits per heavy atom. The first-order valence-electron chi connectivity index (χ1n) is 8.36. The van der Waals surface area contributed by atoms with Crippen LogP contribution in [-0.4, -0.2) is 33.5 Å². The zero-order chi connectivity index (χ0) is 19.2. The minimum Gasteiger partial charge on any atom is -0.497 e. The molecular weight excluding hydrogens is 384 g/mol. The number of nitrogens with zero attached hydrogens (tertiary/aromatic N) is 3. The van der Waals surface area contributed by atoms with E-state index in [1.54, 1.807) is 31.4 Å². The molecular formula is C19H19ClN4O2S. The highest BCUT2D eigenvalue weighted by Crippen LogP contribution is 2.25. The number of hydrogen-bond donors (Lipinski definition) is 1. The highest BCUT2D eigenvalue weighted by atomic mass is 35.5. The van der Waals surface area contributed by atoms with Crippen molar-refractivity contribution in [3.05, 3.63) is 53.6 Å². The molecule has 1 N–H and O–H groups in total. The molecule has 3 aromatic rings. The van der Waals surface area contributed by atoms with Crippen LogP contribution < -0.4 is 10.1 Å². The molecule has 0 spiro atoms. The fraction of sp³-hybridized carbons (Fsp3) is 0.211. The molecule has 140 valence electrons. The Hall–Kier alpha value is -2.51. The number of carbonyl (C=O) groups excluding carboxylic acids is 1. The third-order valence-corrected chi connectivity index (χ3v) is 5.06. The van der Waals surface area contributed by atoms with Gasteiger partial charge in [-0.2, -0.15) is 0 Å². The van der Waals surface area contributed by atoms with Gasteiger partial charge >= 0.3 is 0 Å². The van der Waals surface area contributed by atoms with E-state index in [-0.39, 0.29) is 11.7 Å². The number of amides is 1. The molecule has 0 aliphatic heterocycles. The van der Waals surface area contributed by atoms with E-state index in [0.717, 1.165) is 17.1 Å². The van der Waals surface area contributed by atoms with Gasteiger partial charge in [0.05, 0.1) is 12.9 Å². The summed E-state index contributed by atoms with van der Waals surface area (Å²) >= 11 is 7.20. The van der Waals surface area contributed by atoms with Crippen molar-refractivity contribution in [3.8, 4) is 17.1 Å². The number of methoxy groups -OCH3 is 1. The van der Waals surface area contributed by atoms with E-state index in [1.807, 2.05) is 35.8 Å². The number of thioether (sulfide) groups is 1. The van der Waals surface area contributed by atoms with Crippen molar-refractivity contribution in [1.29, 1.82) is 0 Å². The molecule has 8 heteroatoms. The highest BCUT2D eigenvalue weighted by Gasteiger charge is 2.14. The van der Waals surface area contributed by atoms with Crippen molar-refractivity contribution in [2.45, 2.75) is 18.6 Å². The number of carbonyl (C=O) groups is 1. The maximum Gasteiger partial charge on any atom is 0.234 e. The van der Waals surface area contributed by atoms with E-state index in [0.29, 0.717) is 22.4 Å². The predicted octanol–water partition coefficient (Wildman–Crippen LogP) is 4.36. The predicted molar refractivity (Wildman–Crippen MR) is 108 cm³/mol. The number of nitrogens with one attached hydrogen (secondary N) is 1. The van der Waals surface area contributed by atoms with Crippen LogP contribution in [0.1, 0.15) is 6.92 Å². The summed E-state index contributed by atoms with van der Waals surface area (Å²) in [6.07, 6.45) is 0. The lowest BCUT2D eigenvalue weighted by atomic mass is 10.2. The third kappa shape index (κ3) is 4.81. The molecule has 1 heterocycles. The Morgan fingerprint density at radius 2 is 1.85 bits per heavy atom. The van der Waals surface area contributed by atoms with Crippen LogP contribution in [0.4, 0.5) is 5.69 Å². The number of benzene rings is 2. The van der Waals surface area contributed by atoms with Crippen LogP contribution in [0.25, 0.3) is 11.4 Å². The fourth-order valence-electron chi connectivity index (χ4n) is 2.49. The van der Waals surface area contributed by atoms with Crippen molar-refractivity contribution in [2.24, 2.45) is 0 Å². The first-order chi connectivity index (χ1) is 13.1. The molecule has 27 heavy (non-hydrogen) atoms. The average molecular weight is 403 g/mol. The number of aromatic nitrogens is 3. The van der Waals surface area contributed by atoms with Gasteiger partial charge in [-0.25, -0.2) is 0 Å². The number of hydrogen-bond acceptors (Lipinski definition) is 5. The van der Waals surface area contributed by atoms with Crippen LogP contribution in [0.3, 0.4) is 0 Å². The molecule has 2 aromatic carbocycles. The first kappa shape index (κ1) is 19.3. The lowest BCUT2D eigenvalue weighted by Crippen LogP contribution is -2.14. The summed E-state index contributed by atoms with van der Waals surface area (Å²) in [4.78, 5) is 12.2. The Balaban J connectivity index is 1.67. The van der Waals surface area contributed by atoms with Crippen LogP contribution in [0.15, 0.2) is 53.7 Å². The SMILES string of the molecule is CCn1c(SCC(=O)Nc2ccc(Cl)cc2)nnc1-c1ccc(OC)cc1. The van der Waals surface area contributed by atoms with Gasteiger partial charge in [0.1, 0.15) is 5.75 Å². The van der Waals surface area contributed by atoms with E-state index in [9.17, 15) is 4.79 Å². The molecule has 0 atom stereocenters. The van der Waals surface area contributed by atoms with Crippen molar-refractivity contribution in [3.63, 3.8) is 0 Å². The van der Waals surface area contributed by atoms with Crippen molar-refractivity contribution in [1.82, 2.24) is 14.8 Å². The molecule has 3 rings (SSSR count). The second-order valence-electron chi connectivity index (χ2n) is 5.62. The summed E-state index contributed by atoms with van der Waals surface area (Å²) in [5.41, 5.74) is 1.66. The monoisotopic (exact) mass is 402 g/mol. The summed E-state index contributed by atoms with van der Waals surface area (Å²) in [5.74, 6) is 1.68. The molecule has 1 amide bonds. The zero-order valence-electron chi connectivity index (χ0n) is 15.0. The van der Waals surface area contributed by atoms with Gasteiger partial charge in [-0.3, -0.25) is 4.79 Å². The van der Waals surface area contributed by atoms with Crippen molar-refractivity contribution >= 4 is 35.0 Å². The Bertz CT molecular complexity index is 910. The lowest BCUT2D eigenvalue weighted by molar-refractivity contribution is -0.113. The van der Waals surface area contributed by atoms with Gasteiger partial charge in [-0.1, -0.05) is 23.4 Å². The smallest absolute Gasteiger partial charge is 0.234 e. The summed E-state index contributed by atoms with van der Waals surface area (Å²) in [6, 6.07) is 14.7. The van der Waals surface area contributed by atoms with Gasteiger partial charge in [0.25, 0.3) is 0 Å². The van der Waals surface area contributed by atoms with Gasteiger partial charge in [0.2, 0.25) is 5.91 Å². The topological polar surface area (TPSA) is 69.0 Å². The van der Waals surface area contributed by atoms with E-state index in [2.05, 4.69) is 15.5 Å². The lowest BCUT2D eigenvalue weighted by Gasteiger charge is -2.08. The van der Waals surface area contributed by atoms with E-state index in [4.69, 9.17) is 16.3 Å².